The number of hydrogen-bond acceptors (Lipinski definition) is 10. The lowest BCUT2D eigenvalue weighted by Crippen LogP contribution is -2.64. The van der Waals surface area contributed by atoms with Crippen molar-refractivity contribution in [2.24, 2.45) is 0 Å². The third kappa shape index (κ3) is 4.01. The third-order valence-electron chi connectivity index (χ3n) is 4.32. The van der Waals surface area contributed by atoms with E-state index in [-0.39, 0.29) is 0 Å². The van der Waals surface area contributed by atoms with E-state index in [1.165, 1.54) is 0 Å². The van der Waals surface area contributed by atoms with Crippen molar-refractivity contribution in [2.45, 2.75) is 68.1 Å². The molecule has 0 spiro atoms. The summed E-state index contributed by atoms with van der Waals surface area (Å²) < 4.78 is 21.5. The molecule has 2 rings (SSSR count). The molecule has 2 heterocycles. The average Bonchev–Trinajstić information content (AvgIpc) is 2.58. The van der Waals surface area contributed by atoms with Crippen molar-refractivity contribution in [3.05, 3.63) is 0 Å². The van der Waals surface area contributed by atoms with Gasteiger partial charge in [-0.15, -0.1) is 0 Å². The molecule has 142 valence electrons. The Labute approximate surface area is 152 Å². The summed E-state index contributed by atoms with van der Waals surface area (Å²) in [6.45, 7) is 0.580. The van der Waals surface area contributed by atoms with Gasteiger partial charge in [0.05, 0.1) is 19.3 Å². The van der Waals surface area contributed by atoms with Crippen LogP contribution in [0, 0.1) is 0 Å². The molecule has 0 aromatic carbocycles. The molecule has 11 heteroatoms. The monoisotopic (exact) mass is 466 g/mol. The van der Waals surface area contributed by atoms with Crippen molar-refractivity contribution >= 4 is 23.0 Å². The first-order valence-electron chi connectivity index (χ1n) is 7.53. The fraction of sp³-hybridized carbons (Fsp3) is 1.00. The molecule has 6 unspecified atom stereocenters. The highest BCUT2D eigenvalue weighted by Gasteiger charge is 2.50. The first-order chi connectivity index (χ1) is 11.3. The molecule has 24 heavy (non-hydrogen) atoms. The SMILES string of the molecule is CC1OC(CO)[C@H](O[C@H]2OC(CO)[C@H](O)C(O)C2O)[C@H](OI)C1O. The van der Waals surface area contributed by atoms with Crippen LogP contribution in [-0.4, -0.2) is 105 Å². The lowest BCUT2D eigenvalue weighted by Gasteiger charge is -2.46. The lowest BCUT2D eigenvalue weighted by molar-refractivity contribution is -0.337. The minimum Gasteiger partial charge on any atom is -0.394 e. The Morgan fingerprint density at radius 1 is 0.833 bits per heavy atom. The van der Waals surface area contributed by atoms with Crippen LogP contribution < -0.4 is 0 Å². The van der Waals surface area contributed by atoms with Gasteiger partial charge in [0.1, 0.15) is 71.8 Å². The van der Waals surface area contributed by atoms with Crippen molar-refractivity contribution < 1.29 is 47.9 Å². The van der Waals surface area contributed by atoms with Crippen molar-refractivity contribution in [3.8, 4) is 0 Å². The summed E-state index contributed by atoms with van der Waals surface area (Å²) in [5.41, 5.74) is 0. The normalized spacial score (nSPS) is 50.0. The van der Waals surface area contributed by atoms with Crippen LogP contribution in [0.1, 0.15) is 6.92 Å². The summed E-state index contributed by atoms with van der Waals surface area (Å²) in [4.78, 5) is 0. The molecular formula is C13H23IO10. The quantitative estimate of drug-likeness (QED) is 0.232. The fourth-order valence-electron chi connectivity index (χ4n) is 2.86. The second-order valence-electron chi connectivity index (χ2n) is 5.90. The van der Waals surface area contributed by atoms with Crippen LogP contribution in [0.5, 0.6) is 0 Å². The van der Waals surface area contributed by atoms with E-state index in [9.17, 15) is 30.6 Å². The molecule has 2 fully saturated rings. The molecular weight excluding hydrogens is 443 g/mol. The summed E-state index contributed by atoms with van der Waals surface area (Å²) in [5, 5.41) is 58.5. The highest BCUT2D eigenvalue weighted by molar-refractivity contribution is 14.1. The molecule has 0 bridgehead atoms. The average molecular weight is 466 g/mol. The van der Waals surface area contributed by atoms with E-state index in [2.05, 4.69) is 0 Å². The summed E-state index contributed by atoms with van der Waals surface area (Å²) in [7, 11) is 0. The maximum atomic E-state index is 10.2. The summed E-state index contributed by atoms with van der Waals surface area (Å²) in [5.74, 6) is 0. The van der Waals surface area contributed by atoms with E-state index >= 15 is 0 Å². The predicted molar refractivity (Wildman–Crippen MR) is 85.0 cm³/mol. The third-order valence-corrected chi connectivity index (χ3v) is 4.91. The zero-order chi connectivity index (χ0) is 18.0. The van der Waals surface area contributed by atoms with E-state index in [1.807, 2.05) is 0 Å². The van der Waals surface area contributed by atoms with Gasteiger partial charge in [-0.25, -0.2) is 0 Å². The van der Waals surface area contributed by atoms with Gasteiger partial charge in [0.15, 0.2) is 6.29 Å². The van der Waals surface area contributed by atoms with Crippen molar-refractivity contribution in [1.29, 1.82) is 0 Å². The standard InChI is InChI=1S/C13H23IO10/c1-4-7(17)12(24-14)11(6(3-16)21-4)23-13-10(20)9(19)8(18)5(2-15)22-13/h4-13,15-20H,2-3H2,1H3/t4?,5?,6?,7?,8-,9?,10?,11-,12+,13+/m0/s1. The topological polar surface area (TPSA) is 158 Å². The molecule has 0 amide bonds. The number of aliphatic hydroxyl groups excluding tert-OH is 6. The second kappa shape index (κ2) is 8.81. The first-order valence-corrected chi connectivity index (χ1v) is 8.41. The summed E-state index contributed by atoms with van der Waals surface area (Å²) in [6, 6.07) is 0. The zero-order valence-corrected chi connectivity index (χ0v) is 15.0. The number of rotatable bonds is 5. The Kier molecular flexibility index (Phi) is 7.58. The molecule has 2 aliphatic rings. The number of halogens is 1. The second-order valence-corrected chi connectivity index (χ2v) is 6.41. The van der Waals surface area contributed by atoms with Gasteiger partial charge in [-0.05, 0) is 6.92 Å². The van der Waals surface area contributed by atoms with Crippen LogP contribution in [0.3, 0.4) is 0 Å². The molecule has 0 aromatic heterocycles. The highest BCUT2D eigenvalue weighted by atomic mass is 127. The molecule has 0 aromatic rings. The lowest BCUT2D eigenvalue weighted by atomic mass is 9.95. The smallest absolute Gasteiger partial charge is 0.187 e. The van der Waals surface area contributed by atoms with Crippen molar-refractivity contribution in [2.75, 3.05) is 13.2 Å². The Bertz CT molecular complexity index is 399. The zero-order valence-electron chi connectivity index (χ0n) is 12.9. The number of aliphatic hydroxyl groups is 6. The Balaban J connectivity index is 2.16. The maximum Gasteiger partial charge on any atom is 0.187 e. The van der Waals surface area contributed by atoms with Crippen LogP contribution in [0.15, 0.2) is 0 Å². The molecule has 10 nitrogen and oxygen atoms in total. The molecule has 2 aliphatic heterocycles. The number of ether oxygens (including phenoxy) is 3. The van der Waals surface area contributed by atoms with Crippen LogP contribution in [-0.2, 0) is 17.3 Å². The van der Waals surface area contributed by atoms with Crippen LogP contribution in [0.2, 0.25) is 0 Å². The van der Waals surface area contributed by atoms with E-state index < -0.39 is 74.4 Å². The largest absolute Gasteiger partial charge is 0.394 e. The van der Waals surface area contributed by atoms with Gasteiger partial charge < -0.3 is 47.9 Å². The van der Waals surface area contributed by atoms with Gasteiger partial charge in [-0.2, -0.15) is 0 Å². The van der Waals surface area contributed by atoms with Gasteiger partial charge in [0, 0.05) is 0 Å². The van der Waals surface area contributed by atoms with E-state index in [0.717, 1.165) is 0 Å². The Morgan fingerprint density at radius 3 is 2.00 bits per heavy atom. The highest BCUT2D eigenvalue weighted by Crippen LogP contribution is 2.31. The predicted octanol–water partition coefficient (Wildman–Crippen LogP) is -2.95. The summed E-state index contributed by atoms with van der Waals surface area (Å²) in [6.07, 6.45) is -11.7. The minimum atomic E-state index is -1.60. The molecule has 0 aliphatic carbocycles. The van der Waals surface area contributed by atoms with Gasteiger partial charge in [0.25, 0.3) is 0 Å². The van der Waals surface area contributed by atoms with Gasteiger partial charge in [0.2, 0.25) is 0 Å². The fourth-order valence-corrected chi connectivity index (χ4v) is 3.45. The molecule has 6 N–H and O–H groups in total. The van der Waals surface area contributed by atoms with E-state index in [0.29, 0.717) is 0 Å². The molecule has 0 saturated carbocycles. The molecule has 0 radical (unpaired) electrons. The van der Waals surface area contributed by atoms with Gasteiger partial charge in [-0.1, -0.05) is 0 Å². The van der Waals surface area contributed by atoms with Crippen LogP contribution in [0.25, 0.3) is 0 Å². The van der Waals surface area contributed by atoms with Gasteiger partial charge >= 0.3 is 0 Å². The van der Waals surface area contributed by atoms with Crippen molar-refractivity contribution in [3.63, 3.8) is 0 Å². The van der Waals surface area contributed by atoms with Crippen LogP contribution >= 0.6 is 23.0 Å². The summed E-state index contributed by atoms with van der Waals surface area (Å²) >= 11 is 1.58. The maximum absolute atomic E-state index is 10.2. The van der Waals surface area contributed by atoms with E-state index in [4.69, 9.17) is 17.3 Å². The van der Waals surface area contributed by atoms with Crippen LogP contribution in [0.4, 0.5) is 0 Å². The number of hydrogen-bond donors (Lipinski definition) is 6. The Hall–Kier alpha value is 0.330. The first kappa shape index (κ1) is 20.6. The molecule has 10 atom stereocenters. The van der Waals surface area contributed by atoms with Crippen molar-refractivity contribution in [1.82, 2.24) is 0 Å². The van der Waals surface area contributed by atoms with Gasteiger partial charge in [-0.3, -0.25) is 0 Å². The minimum absolute atomic E-state index is 0.435. The Morgan fingerprint density at radius 2 is 1.46 bits per heavy atom. The molecule has 2 saturated heterocycles. The van der Waals surface area contributed by atoms with E-state index in [1.54, 1.807) is 29.9 Å².